The van der Waals surface area contributed by atoms with Gasteiger partial charge in [0.25, 0.3) is 0 Å². The maximum absolute atomic E-state index is 13.0. The van der Waals surface area contributed by atoms with E-state index >= 15 is 0 Å². The summed E-state index contributed by atoms with van der Waals surface area (Å²) in [6.07, 6.45) is -7.53. The van der Waals surface area contributed by atoms with Gasteiger partial charge in [-0.05, 0) is 24.1 Å². The number of hydrogen-bond donors (Lipinski definition) is 1. The van der Waals surface area contributed by atoms with E-state index in [9.17, 15) is 17.6 Å². The van der Waals surface area contributed by atoms with Crippen LogP contribution in [-0.2, 0) is 0 Å². The molecule has 1 aliphatic rings. The van der Waals surface area contributed by atoms with Crippen molar-refractivity contribution >= 4 is 12.4 Å². The van der Waals surface area contributed by atoms with Gasteiger partial charge in [0.1, 0.15) is 5.75 Å². The van der Waals surface area contributed by atoms with Crippen LogP contribution in [0.3, 0.4) is 0 Å². The van der Waals surface area contributed by atoms with Crippen LogP contribution >= 0.6 is 12.4 Å². The standard InChI is InChI=1S/C15H20F4N2O.ClH/c1-2-13(21-8-6-20-7-9-21)11-4-3-5-12(10-11)22-15(18,19)14(16)17;/h3-5,10,13-14,20H,2,6-9H2,1H3;1H/t13-;/m1./s1. The van der Waals surface area contributed by atoms with E-state index in [0.29, 0.717) is 0 Å². The Morgan fingerprint density at radius 2 is 1.91 bits per heavy atom. The number of nitrogens with one attached hydrogen (secondary N) is 1. The second-order valence-electron chi connectivity index (χ2n) is 5.25. The molecule has 23 heavy (non-hydrogen) atoms. The Morgan fingerprint density at radius 3 is 2.48 bits per heavy atom. The highest BCUT2D eigenvalue weighted by atomic mass is 35.5. The van der Waals surface area contributed by atoms with E-state index in [0.717, 1.165) is 38.2 Å². The maximum atomic E-state index is 13.0. The van der Waals surface area contributed by atoms with E-state index < -0.39 is 12.5 Å². The summed E-state index contributed by atoms with van der Waals surface area (Å²) >= 11 is 0. The summed E-state index contributed by atoms with van der Waals surface area (Å²) in [5.41, 5.74) is 0.798. The number of nitrogens with zero attached hydrogens (tertiary/aromatic N) is 1. The monoisotopic (exact) mass is 356 g/mol. The summed E-state index contributed by atoms with van der Waals surface area (Å²) < 4.78 is 54.6. The first-order valence-electron chi connectivity index (χ1n) is 7.33. The highest BCUT2D eigenvalue weighted by Crippen LogP contribution is 2.31. The zero-order valence-corrected chi connectivity index (χ0v) is 13.6. The summed E-state index contributed by atoms with van der Waals surface area (Å²) in [6, 6.07) is 6.11. The number of benzene rings is 1. The van der Waals surface area contributed by atoms with Crippen molar-refractivity contribution in [3.05, 3.63) is 29.8 Å². The van der Waals surface area contributed by atoms with Crippen LogP contribution in [0.2, 0.25) is 0 Å². The van der Waals surface area contributed by atoms with Crippen molar-refractivity contribution in [1.29, 1.82) is 0 Å². The van der Waals surface area contributed by atoms with Crippen LogP contribution in [0.5, 0.6) is 5.75 Å². The third-order valence-electron chi connectivity index (χ3n) is 3.73. The van der Waals surface area contributed by atoms with Crippen LogP contribution < -0.4 is 10.1 Å². The van der Waals surface area contributed by atoms with Gasteiger partial charge in [-0.3, -0.25) is 4.90 Å². The lowest BCUT2D eigenvalue weighted by atomic mass is 10.0. The molecule has 2 rings (SSSR count). The predicted molar refractivity (Wildman–Crippen MR) is 82.7 cm³/mol. The Kier molecular flexibility index (Phi) is 7.57. The Hall–Kier alpha value is -1.05. The van der Waals surface area contributed by atoms with Gasteiger partial charge in [0.15, 0.2) is 0 Å². The number of rotatable bonds is 6. The summed E-state index contributed by atoms with van der Waals surface area (Å²) in [5.74, 6) is -0.239. The molecule has 8 heteroatoms. The Morgan fingerprint density at radius 1 is 1.26 bits per heavy atom. The van der Waals surface area contributed by atoms with Crippen molar-refractivity contribution in [3.63, 3.8) is 0 Å². The number of hydrogen-bond acceptors (Lipinski definition) is 3. The molecule has 0 aliphatic carbocycles. The topological polar surface area (TPSA) is 24.5 Å². The highest BCUT2D eigenvalue weighted by Gasteiger charge is 2.44. The van der Waals surface area contributed by atoms with Crippen molar-refractivity contribution in [2.75, 3.05) is 26.2 Å². The molecule has 1 N–H and O–H groups in total. The van der Waals surface area contributed by atoms with Gasteiger partial charge in [-0.2, -0.15) is 17.6 Å². The van der Waals surface area contributed by atoms with Gasteiger partial charge in [0.2, 0.25) is 0 Å². The zero-order chi connectivity index (χ0) is 16.2. The van der Waals surface area contributed by atoms with Crippen LogP contribution in [0.25, 0.3) is 0 Å². The first-order valence-corrected chi connectivity index (χ1v) is 7.33. The molecule has 0 unspecified atom stereocenters. The van der Waals surface area contributed by atoms with Gasteiger partial charge in [-0.1, -0.05) is 19.1 Å². The molecule has 1 aromatic rings. The summed E-state index contributed by atoms with van der Waals surface area (Å²) in [6.45, 7) is 5.47. The van der Waals surface area contributed by atoms with Crippen LogP contribution in [-0.4, -0.2) is 43.6 Å². The fourth-order valence-corrected chi connectivity index (χ4v) is 2.69. The molecule has 1 heterocycles. The van der Waals surface area contributed by atoms with Crippen LogP contribution in [0, 0.1) is 0 Å². The van der Waals surface area contributed by atoms with Crippen molar-refractivity contribution < 1.29 is 22.3 Å². The second-order valence-corrected chi connectivity index (χ2v) is 5.25. The van der Waals surface area contributed by atoms with Crippen LogP contribution in [0.15, 0.2) is 24.3 Å². The average Bonchev–Trinajstić information content (AvgIpc) is 2.49. The lowest BCUT2D eigenvalue weighted by molar-refractivity contribution is -0.253. The number of halogens is 5. The Labute approximate surface area is 139 Å². The minimum atomic E-state index is -4.48. The molecule has 0 saturated carbocycles. The number of alkyl halides is 4. The third kappa shape index (κ3) is 5.22. The van der Waals surface area contributed by atoms with E-state index in [4.69, 9.17) is 0 Å². The smallest absolute Gasteiger partial charge is 0.428 e. The molecule has 3 nitrogen and oxygen atoms in total. The van der Waals surface area contributed by atoms with Gasteiger partial charge in [0, 0.05) is 32.2 Å². The zero-order valence-electron chi connectivity index (χ0n) is 12.8. The minimum absolute atomic E-state index is 0. The fraction of sp³-hybridized carbons (Fsp3) is 0.600. The molecule has 1 saturated heterocycles. The molecule has 0 amide bonds. The highest BCUT2D eigenvalue weighted by molar-refractivity contribution is 5.85. The normalized spacial score (nSPS) is 17.7. The van der Waals surface area contributed by atoms with Crippen LogP contribution in [0.1, 0.15) is 24.9 Å². The van der Waals surface area contributed by atoms with Crippen LogP contribution in [0.4, 0.5) is 17.6 Å². The molecule has 1 aliphatic heterocycles. The van der Waals surface area contributed by atoms with Gasteiger partial charge < -0.3 is 10.1 Å². The lowest BCUT2D eigenvalue weighted by Crippen LogP contribution is -2.45. The Bertz CT molecular complexity index is 484. The summed E-state index contributed by atoms with van der Waals surface area (Å²) in [7, 11) is 0. The predicted octanol–water partition coefficient (Wildman–Crippen LogP) is 3.70. The van der Waals surface area contributed by atoms with E-state index in [1.54, 1.807) is 6.07 Å². The Balaban J connectivity index is 0.00000264. The quantitative estimate of drug-likeness (QED) is 0.787. The fourth-order valence-electron chi connectivity index (χ4n) is 2.69. The van der Waals surface area contributed by atoms with E-state index in [-0.39, 0.29) is 24.2 Å². The van der Waals surface area contributed by atoms with E-state index in [1.807, 2.05) is 13.0 Å². The molecule has 0 aromatic heterocycles. The largest absolute Gasteiger partial charge is 0.461 e. The third-order valence-corrected chi connectivity index (χ3v) is 3.73. The number of ether oxygens (including phenoxy) is 1. The molecule has 1 atom stereocenters. The molecular formula is C15H21ClF4N2O. The van der Waals surface area contributed by atoms with Crippen molar-refractivity contribution in [2.24, 2.45) is 0 Å². The second kappa shape index (κ2) is 8.70. The average molecular weight is 357 g/mol. The summed E-state index contributed by atoms with van der Waals surface area (Å²) in [4.78, 5) is 2.25. The van der Waals surface area contributed by atoms with Crippen molar-refractivity contribution in [1.82, 2.24) is 10.2 Å². The first kappa shape index (κ1) is 20.0. The van der Waals surface area contributed by atoms with Gasteiger partial charge in [0.05, 0.1) is 0 Å². The molecule has 0 radical (unpaired) electrons. The first-order chi connectivity index (χ1) is 10.4. The summed E-state index contributed by atoms with van der Waals surface area (Å²) in [5, 5.41) is 3.25. The SMILES string of the molecule is CC[C@H](c1cccc(OC(F)(F)C(F)F)c1)N1CCNCC1.Cl. The molecule has 132 valence electrons. The van der Waals surface area contributed by atoms with E-state index in [2.05, 4.69) is 15.0 Å². The minimum Gasteiger partial charge on any atom is -0.428 e. The van der Waals surface area contributed by atoms with E-state index in [1.165, 1.54) is 12.1 Å². The molecular weight excluding hydrogens is 336 g/mol. The number of piperazine rings is 1. The van der Waals surface area contributed by atoms with Crippen molar-refractivity contribution in [2.45, 2.75) is 31.9 Å². The van der Waals surface area contributed by atoms with Gasteiger partial charge >= 0.3 is 12.5 Å². The van der Waals surface area contributed by atoms with Gasteiger partial charge in [-0.25, -0.2) is 0 Å². The molecule has 0 spiro atoms. The molecule has 1 fully saturated rings. The lowest BCUT2D eigenvalue weighted by Gasteiger charge is -2.35. The van der Waals surface area contributed by atoms with Crippen molar-refractivity contribution in [3.8, 4) is 5.75 Å². The molecule has 0 bridgehead atoms. The maximum Gasteiger partial charge on any atom is 0.461 e. The molecule has 1 aromatic carbocycles. The van der Waals surface area contributed by atoms with Gasteiger partial charge in [-0.15, -0.1) is 12.4 Å².